The molecule has 3 rings (SSSR count). The molecule has 0 radical (unpaired) electrons. The molecule has 1 nitrogen and oxygen atoms in total. The molecule has 24 heavy (non-hydrogen) atoms. The molecular formula is C22H22LiN. The number of benzene rings is 3. The molecule has 0 aromatic heterocycles. The van der Waals surface area contributed by atoms with Crippen LogP contribution in [0.2, 0.25) is 0 Å². The van der Waals surface area contributed by atoms with Crippen LogP contribution in [0.5, 0.6) is 0 Å². The third kappa shape index (κ3) is 4.54. The summed E-state index contributed by atoms with van der Waals surface area (Å²) in [5.41, 5.74) is 4.87. The smallest absolute Gasteiger partial charge is 0.339 e. The molecule has 0 aliphatic carbocycles. The largest absolute Gasteiger partial charge is 1.00 e. The topological polar surface area (TPSA) is 3.24 Å². The van der Waals surface area contributed by atoms with Crippen molar-refractivity contribution in [3.63, 3.8) is 0 Å². The van der Waals surface area contributed by atoms with Crippen molar-refractivity contribution in [3.05, 3.63) is 96.1 Å². The first kappa shape index (κ1) is 18.4. The number of hydrogen-bond acceptors (Lipinski definition) is 1. The summed E-state index contributed by atoms with van der Waals surface area (Å²) >= 11 is 0. The molecule has 0 bridgehead atoms. The Morgan fingerprint density at radius 1 is 0.750 bits per heavy atom. The van der Waals surface area contributed by atoms with Crippen LogP contribution in [0.3, 0.4) is 0 Å². The molecule has 0 fully saturated rings. The van der Waals surface area contributed by atoms with Gasteiger partial charge in [0.05, 0.1) is 0 Å². The first-order valence-electron chi connectivity index (χ1n) is 8.13. The SMILES string of the molecule is CC(C)c1[c-]c(CN(c2ccccc2)c2ccccc2)ccc1.[Li+]. The van der Waals surface area contributed by atoms with E-state index in [1.807, 2.05) is 0 Å². The van der Waals surface area contributed by atoms with Crippen molar-refractivity contribution in [1.29, 1.82) is 0 Å². The van der Waals surface area contributed by atoms with Gasteiger partial charge in [-0.15, -0.1) is 5.56 Å². The zero-order chi connectivity index (χ0) is 16.1. The molecule has 0 amide bonds. The van der Waals surface area contributed by atoms with E-state index < -0.39 is 0 Å². The molecule has 3 aromatic carbocycles. The zero-order valence-corrected chi connectivity index (χ0v) is 14.7. The van der Waals surface area contributed by atoms with Gasteiger partial charge in [0.15, 0.2) is 0 Å². The standard InChI is InChI=1S/C22H22N.Li/c1-18(2)20-11-9-10-19(16-20)17-23(21-12-5-3-6-13-21)22-14-7-4-8-15-22;/h3-15,18H,17H2,1-2H3;/q-1;+1. The predicted octanol–water partition coefficient (Wildman–Crippen LogP) is 2.95. The molecular weight excluding hydrogens is 285 g/mol. The molecule has 3 aromatic rings. The predicted molar refractivity (Wildman–Crippen MR) is 98.1 cm³/mol. The normalized spacial score (nSPS) is 10.3. The third-order valence-corrected chi connectivity index (χ3v) is 3.96. The molecule has 0 aliphatic rings. The fourth-order valence-corrected chi connectivity index (χ4v) is 2.68. The zero-order valence-electron chi connectivity index (χ0n) is 14.7. The van der Waals surface area contributed by atoms with E-state index in [-0.39, 0.29) is 18.9 Å². The minimum atomic E-state index is 0. The second kappa shape index (κ2) is 8.78. The summed E-state index contributed by atoms with van der Waals surface area (Å²) in [7, 11) is 0. The van der Waals surface area contributed by atoms with Crippen molar-refractivity contribution in [3.8, 4) is 0 Å². The molecule has 0 saturated heterocycles. The summed E-state index contributed by atoms with van der Waals surface area (Å²) in [5, 5.41) is 0. The van der Waals surface area contributed by atoms with Crippen LogP contribution in [0.25, 0.3) is 0 Å². The fourth-order valence-electron chi connectivity index (χ4n) is 2.68. The van der Waals surface area contributed by atoms with Gasteiger partial charge in [-0.05, 0) is 30.2 Å². The minimum absolute atomic E-state index is 0. The van der Waals surface area contributed by atoms with Crippen LogP contribution in [0, 0.1) is 6.07 Å². The Hall–Kier alpha value is -1.94. The number of rotatable bonds is 5. The van der Waals surface area contributed by atoms with Gasteiger partial charge in [0.2, 0.25) is 0 Å². The molecule has 2 heteroatoms. The molecule has 0 N–H and O–H groups in total. The number of anilines is 2. The summed E-state index contributed by atoms with van der Waals surface area (Å²) in [5.74, 6) is 0.497. The maximum absolute atomic E-state index is 3.57. The van der Waals surface area contributed by atoms with E-state index in [9.17, 15) is 0 Å². The summed E-state index contributed by atoms with van der Waals surface area (Å²) < 4.78 is 0. The molecule has 0 saturated carbocycles. The Morgan fingerprint density at radius 2 is 1.29 bits per heavy atom. The summed E-state index contributed by atoms with van der Waals surface area (Å²) in [6.07, 6.45) is 0. The van der Waals surface area contributed by atoms with Gasteiger partial charge in [0, 0.05) is 17.9 Å². The van der Waals surface area contributed by atoms with Crippen LogP contribution in [-0.4, -0.2) is 0 Å². The van der Waals surface area contributed by atoms with Gasteiger partial charge >= 0.3 is 18.9 Å². The number of nitrogens with zero attached hydrogens (tertiary/aromatic N) is 1. The quantitative estimate of drug-likeness (QED) is 0.517. The Labute approximate surface area is 157 Å². The van der Waals surface area contributed by atoms with E-state index in [2.05, 4.69) is 104 Å². The van der Waals surface area contributed by atoms with E-state index in [1.165, 1.54) is 22.5 Å². The Balaban J connectivity index is 0.00000208. The van der Waals surface area contributed by atoms with Crippen LogP contribution >= 0.6 is 0 Å². The Morgan fingerprint density at radius 3 is 1.79 bits per heavy atom. The van der Waals surface area contributed by atoms with Crippen molar-refractivity contribution < 1.29 is 18.9 Å². The average molecular weight is 307 g/mol. The van der Waals surface area contributed by atoms with Crippen molar-refractivity contribution in [2.24, 2.45) is 0 Å². The average Bonchev–Trinajstić information content (AvgIpc) is 2.61. The van der Waals surface area contributed by atoms with Crippen LogP contribution in [0.15, 0.2) is 78.9 Å². The van der Waals surface area contributed by atoms with Gasteiger partial charge < -0.3 is 4.90 Å². The van der Waals surface area contributed by atoms with Crippen LogP contribution in [0.4, 0.5) is 11.4 Å². The van der Waals surface area contributed by atoms with E-state index in [4.69, 9.17) is 0 Å². The van der Waals surface area contributed by atoms with Crippen molar-refractivity contribution >= 4 is 11.4 Å². The number of para-hydroxylation sites is 2. The van der Waals surface area contributed by atoms with E-state index in [0.717, 1.165) is 6.54 Å². The van der Waals surface area contributed by atoms with Crippen LogP contribution < -0.4 is 23.8 Å². The molecule has 0 aliphatic heterocycles. The van der Waals surface area contributed by atoms with Crippen LogP contribution in [0.1, 0.15) is 30.9 Å². The molecule has 0 unspecified atom stereocenters. The van der Waals surface area contributed by atoms with E-state index in [1.54, 1.807) is 0 Å². The summed E-state index contributed by atoms with van der Waals surface area (Å²) in [6.45, 7) is 5.23. The van der Waals surface area contributed by atoms with Crippen molar-refractivity contribution in [2.75, 3.05) is 4.90 Å². The number of hydrogen-bond donors (Lipinski definition) is 0. The van der Waals surface area contributed by atoms with Crippen LogP contribution in [-0.2, 0) is 6.54 Å². The van der Waals surface area contributed by atoms with Gasteiger partial charge in [0.1, 0.15) is 0 Å². The first-order chi connectivity index (χ1) is 11.2. The van der Waals surface area contributed by atoms with Crippen molar-refractivity contribution in [2.45, 2.75) is 26.3 Å². The van der Waals surface area contributed by atoms with E-state index in [0.29, 0.717) is 5.92 Å². The summed E-state index contributed by atoms with van der Waals surface area (Å²) in [6, 6.07) is 31.1. The maximum atomic E-state index is 3.57. The third-order valence-electron chi connectivity index (χ3n) is 3.96. The second-order valence-corrected chi connectivity index (χ2v) is 6.04. The summed E-state index contributed by atoms with van der Waals surface area (Å²) in [4.78, 5) is 2.33. The molecule has 0 heterocycles. The molecule has 0 spiro atoms. The van der Waals surface area contributed by atoms with Gasteiger partial charge in [-0.1, -0.05) is 50.2 Å². The van der Waals surface area contributed by atoms with Crippen molar-refractivity contribution in [1.82, 2.24) is 0 Å². The van der Waals surface area contributed by atoms with Gasteiger partial charge in [-0.2, -0.15) is 29.8 Å². The first-order valence-corrected chi connectivity index (χ1v) is 8.13. The van der Waals surface area contributed by atoms with E-state index >= 15 is 0 Å². The minimum Gasteiger partial charge on any atom is -0.339 e. The Bertz CT molecular complexity index is 699. The Kier molecular flexibility index (Phi) is 6.73. The maximum Gasteiger partial charge on any atom is 1.00 e. The molecule has 0 atom stereocenters. The van der Waals surface area contributed by atoms with Gasteiger partial charge in [-0.25, -0.2) is 0 Å². The molecule has 116 valence electrons. The monoisotopic (exact) mass is 307 g/mol. The van der Waals surface area contributed by atoms with Gasteiger partial charge in [0.25, 0.3) is 0 Å². The fraction of sp³-hybridized carbons (Fsp3) is 0.182. The second-order valence-electron chi connectivity index (χ2n) is 6.04. The van der Waals surface area contributed by atoms with Gasteiger partial charge in [-0.3, -0.25) is 0 Å².